The molecule has 1 aliphatic carbocycles. The summed E-state index contributed by atoms with van der Waals surface area (Å²) in [6.45, 7) is 6.68. The first-order valence-corrected chi connectivity index (χ1v) is 7.96. The number of aromatic nitrogens is 2. The second-order valence-corrected chi connectivity index (χ2v) is 6.05. The highest BCUT2D eigenvalue weighted by atomic mass is 35.5. The lowest BCUT2D eigenvalue weighted by molar-refractivity contribution is 0.103. The standard InChI is InChI=1S/C15H25ClN4/c1-3-20(13-7-5-4-6-12(13)9-17)10-15-18-11(2)8-14(16)19-15/h8,12-13H,3-7,9-10,17H2,1-2H3. The van der Waals surface area contributed by atoms with Crippen LogP contribution in [0.5, 0.6) is 0 Å². The molecular weight excluding hydrogens is 272 g/mol. The van der Waals surface area contributed by atoms with Gasteiger partial charge in [0, 0.05) is 11.7 Å². The van der Waals surface area contributed by atoms with E-state index in [0.717, 1.165) is 31.2 Å². The first-order chi connectivity index (χ1) is 9.63. The average Bonchev–Trinajstić information content (AvgIpc) is 2.43. The van der Waals surface area contributed by atoms with Gasteiger partial charge in [-0.25, -0.2) is 9.97 Å². The molecule has 0 spiro atoms. The minimum atomic E-state index is 0.530. The van der Waals surface area contributed by atoms with Gasteiger partial charge < -0.3 is 5.73 Å². The van der Waals surface area contributed by atoms with Gasteiger partial charge in [-0.1, -0.05) is 31.4 Å². The van der Waals surface area contributed by atoms with E-state index < -0.39 is 0 Å². The Bertz CT molecular complexity index is 418. The second-order valence-electron chi connectivity index (χ2n) is 5.66. The van der Waals surface area contributed by atoms with Gasteiger partial charge in [0.2, 0.25) is 0 Å². The fourth-order valence-electron chi connectivity index (χ4n) is 3.25. The molecule has 0 bridgehead atoms. The Morgan fingerprint density at radius 3 is 2.75 bits per heavy atom. The van der Waals surface area contributed by atoms with Crippen LogP contribution in [0, 0.1) is 12.8 Å². The molecule has 0 radical (unpaired) electrons. The van der Waals surface area contributed by atoms with Gasteiger partial charge in [-0.05, 0) is 44.8 Å². The molecule has 0 aliphatic heterocycles. The number of rotatable bonds is 5. The maximum absolute atomic E-state index is 6.03. The predicted molar refractivity (Wildman–Crippen MR) is 82.7 cm³/mol. The van der Waals surface area contributed by atoms with E-state index in [4.69, 9.17) is 17.3 Å². The first kappa shape index (κ1) is 15.7. The van der Waals surface area contributed by atoms with Crippen LogP contribution in [0.1, 0.15) is 44.1 Å². The van der Waals surface area contributed by atoms with Gasteiger partial charge in [-0.15, -0.1) is 0 Å². The summed E-state index contributed by atoms with van der Waals surface area (Å²) in [7, 11) is 0. The van der Waals surface area contributed by atoms with Crippen molar-refractivity contribution in [1.29, 1.82) is 0 Å². The van der Waals surface area contributed by atoms with Crippen LogP contribution >= 0.6 is 11.6 Å². The zero-order valence-corrected chi connectivity index (χ0v) is 13.2. The molecule has 2 rings (SSSR count). The Balaban J connectivity index is 2.11. The first-order valence-electron chi connectivity index (χ1n) is 7.58. The van der Waals surface area contributed by atoms with Crippen LogP contribution in [0.3, 0.4) is 0 Å². The minimum absolute atomic E-state index is 0.530. The van der Waals surface area contributed by atoms with Crippen molar-refractivity contribution in [1.82, 2.24) is 14.9 Å². The minimum Gasteiger partial charge on any atom is -0.330 e. The van der Waals surface area contributed by atoms with Gasteiger partial charge >= 0.3 is 0 Å². The van der Waals surface area contributed by atoms with Crippen molar-refractivity contribution in [2.75, 3.05) is 13.1 Å². The average molecular weight is 297 g/mol. The fraction of sp³-hybridized carbons (Fsp3) is 0.733. The molecule has 20 heavy (non-hydrogen) atoms. The summed E-state index contributed by atoms with van der Waals surface area (Å²) in [6, 6.07) is 2.35. The van der Waals surface area contributed by atoms with Gasteiger partial charge in [-0.2, -0.15) is 0 Å². The molecule has 2 unspecified atom stereocenters. The smallest absolute Gasteiger partial charge is 0.144 e. The van der Waals surface area contributed by atoms with Gasteiger partial charge in [0.15, 0.2) is 0 Å². The monoisotopic (exact) mass is 296 g/mol. The number of halogens is 1. The highest BCUT2D eigenvalue weighted by molar-refractivity contribution is 6.29. The summed E-state index contributed by atoms with van der Waals surface area (Å²) < 4.78 is 0. The van der Waals surface area contributed by atoms with E-state index in [9.17, 15) is 0 Å². The molecule has 1 aromatic heterocycles. The summed E-state index contributed by atoms with van der Waals surface area (Å²) in [4.78, 5) is 11.3. The molecule has 1 aliphatic rings. The summed E-state index contributed by atoms with van der Waals surface area (Å²) in [5, 5.41) is 0.530. The Morgan fingerprint density at radius 1 is 1.35 bits per heavy atom. The number of nitrogens with two attached hydrogens (primary N) is 1. The van der Waals surface area contributed by atoms with Crippen LogP contribution in [0.2, 0.25) is 5.15 Å². The van der Waals surface area contributed by atoms with E-state index in [2.05, 4.69) is 21.8 Å². The van der Waals surface area contributed by atoms with E-state index in [1.54, 1.807) is 6.07 Å². The highest BCUT2D eigenvalue weighted by Gasteiger charge is 2.28. The number of aryl methyl sites for hydroxylation is 1. The van der Waals surface area contributed by atoms with Crippen molar-refractivity contribution in [3.05, 3.63) is 22.7 Å². The zero-order valence-electron chi connectivity index (χ0n) is 12.5. The molecule has 112 valence electrons. The summed E-state index contributed by atoms with van der Waals surface area (Å²) in [5.41, 5.74) is 6.87. The molecule has 5 heteroatoms. The Hall–Kier alpha value is -0.710. The van der Waals surface area contributed by atoms with Crippen LogP contribution in [-0.2, 0) is 6.54 Å². The quantitative estimate of drug-likeness (QED) is 0.849. The van der Waals surface area contributed by atoms with E-state index >= 15 is 0 Å². The molecular formula is C15H25ClN4. The maximum atomic E-state index is 6.03. The molecule has 1 saturated carbocycles. The summed E-state index contributed by atoms with van der Waals surface area (Å²) in [5.74, 6) is 1.42. The Morgan fingerprint density at radius 2 is 2.10 bits per heavy atom. The third kappa shape index (κ3) is 3.90. The van der Waals surface area contributed by atoms with Gasteiger partial charge in [0.25, 0.3) is 0 Å². The Kier molecular flexibility index (Phi) is 5.75. The van der Waals surface area contributed by atoms with Crippen LogP contribution in [0.4, 0.5) is 0 Å². The lowest BCUT2D eigenvalue weighted by Gasteiger charge is -2.38. The third-order valence-electron chi connectivity index (χ3n) is 4.26. The number of hydrogen-bond donors (Lipinski definition) is 1. The van der Waals surface area contributed by atoms with Gasteiger partial charge in [0.1, 0.15) is 11.0 Å². The molecule has 2 atom stereocenters. The largest absolute Gasteiger partial charge is 0.330 e. The molecule has 0 aromatic carbocycles. The molecule has 2 N–H and O–H groups in total. The second kappa shape index (κ2) is 7.34. The van der Waals surface area contributed by atoms with Crippen LogP contribution in [0.25, 0.3) is 0 Å². The molecule has 0 amide bonds. The SMILES string of the molecule is CCN(Cc1nc(C)cc(Cl)n1)C1CCCCC1CN. The molecule has 0 saturated heterocycles. The van der Waals surface area contributed by atoms with Crippen molar-refractivity contribution >= 4 is 11.6 Å². The molecule has 1 fully saturated rings. The zero-order chi connectivity index (χ0) is 14.5. The molecule has 4 nitrogen and oxygen atoms in total. The highest BCUT2D eigenvalue weighted by Crippen LogP contribution is 2.28. The maximum Gasteiger partial charge on any atom is 0.144 e. The van der Waals surface area contributed by atoms with Crippen LogP contribution in [-0.4, -0.2) is 34.0 Å². The van der Waals surface area contributed by atoms with Crippen LogP contribution in [0.15, 0.2) is 6.07 Å². The number of nitrogens with zero attached hydrogens (tertiary/aromatic N) is 3. The summed E-state index contributed by atoms with van der Waals surface area (Å²) >= 11 is 6.03. The van der Waals surface area contributed by atoms with E-state index in [1.165, 1.54) is 25.7 Å². The lowest BCUT2D eigenvalue weighted by Crippen LogP contribution is -2.44. The summed E-state index contributed by atoms with van der Waals surface area (Å²) in [6.07, 6.45) is 5.08. The van der Waals surface area contributed by atoms with Gasteiger partial charge in [-0.3, -0.25) is 4.90 Å². The Labute approximate surface area is 126 Å². The normalized spacial score (nSPS) is 23.2. The third-order valence-corrected chi connectivity index (χ3v) is 4.45. The van der Waals surface area contributed by atoms with Gasteiger partial charge in [0.05, 0.1) is 6.54 Å². The van der Waals surface area contributed by atoms with E-state index in [0.29, 0.717) is 17.1 Å². The van der Waals surface area contributed by atoms with Crippen molar-refractivity contribution < 1.29 is 0 Å². The molecule has 1 aromatic rings. The predicted octanol–water partition coefficient (Wildman–Crippen LogP) is 2.78. The molecule has 1 heterocycles. The topological polar surface area (TPSA) is 55.0 Å². The van der Waals surface area contributed by atoms with Crippen molar-refractivity contribution in [2.24, 2.45) is 11.7 Å². The van der Waals surface area contributed by atoms with E-state index in [-0.39, 0.29) is 0 Å². The van der Waals surface area contributed by atoms with E-state index in [1.807, 2.05) is 6.92 Å². The number of hydrogen-bond acceptors (Lipinski definition) is 4. The van der Waals surface area contributed by atoms with Crippen molar-refractivity contribution in [3.8, 4) is 0 Å². The van der Waals surface area contributed by atoms with Crippen molar-refractivity contribution in [3.63, 3.8) is 0 Å². The van der Waals surface area contributed by atoms with Crippen molar-refractivity contribution in [2.45, 2.75) is 52.1 Å². The van der Waals surface area contributed by atoms with Crippen LogP contribution < -0.4 is 5.73 Å². The fourth-order valence-corrected chi connectivity index (χ4v) is 3.50. The lowest BCUT2D eigenvalue weighted by atomic mass is 9.83.